The Balaban J connectivity index is 0.000000467. The third kappa shape index (κ3) is 37.6. The number of fused-ring (bicyclic) bond motifs is 6. The second kappa shape index (κ2) is 62.2. The van der Waals surface area contributed by atoms with Gasteiger partial charge in [0.15, 0.2) is 17.1 Å². The minimum atomic E-state index is -2.43. The van der Waals surface area contributed by atoms with Crippen LogP contribution < -0.4 is 0 Å². The molecule has 0 spiro atoms. The fraction of sp³-hybridized carbons (Fsp3) is 0.761. The molecule has 0 aromatic carbocycles. The Morgan fingerprint density at radius 2 is 0.851 bits per heavy atom. The highest BCUT2D eigenvalue weighted by atomic mass is 32.2. The number of hydrogen-bond acceptors (Lipinski definition) is 28. The van der Waals surface area contributed by atoms with Gasteiger partial charge in [0, 0.05) is 122 Å². The molecule has 8 rings (SSSR count). The number of ether oxygens (including phenoxy) is 10. The van der Waals surface area contributed by atoms with E-state index in [1.807, 2.05) is 137 Å². The van der Waals surface area contributed by atoms with Crippen LogP contribution in [0.1, 0.15) is 272 Å². The smallest absolute Gasteiger partial charge is 0.346 e. The number of aliphatic hydroxyl groups excluding tert-OH is 3. The van der Waals surface area contributed by atoms with E-state index in [0.29, 0.717) is 119 Å². The van der Waals surface area contributed by atoms with E-state index in [1.165, 1.54) is 24.0 Å². The zero-order valence-corrected chi connectivity index (χ0v) is 91.9. The summed E-state index contributed by atoms with van der Waals surface area (Å²) in [5, 5.41) is 57.5. The van der Waals surface area contributed by atoms with Gasteiger partial charge in [-0.2, -0.15) is 0 Å². The standard InChI is InChI=1S/C53H83NO13PS.C51H79NO13.C3H8OP.C2H6/c1-32-17-13-12-14-18-33(2)43(63-8)29-40-22-20-38(7)53(61,67-40)50(58)51(59)54-24-16-15-19-41(54)52(60)66-44(35(4)27-39-21-23-46(45(28-39)64-9)69-31-68(11)62)30-42(55)34(3)26-37(6)48(57)49(65-10)47(56)36(5)25-32;1-30-16-12-11-13-17-31(2)42(61-8)28-38-21-19-36(7)51(60,65-38)48(57)49(58)52-23-15-14-18-39(52)50(59)64-43(33(4)26-37-20-22-40(53)44(27-37)62-9)29-41(54)32(3)25-35(6)46(56)47(63-10)45(55)34(5)24-30;1-3-5(2)4;1-2/h12-14,17-18,26,32,34-36,38-41,43-46,48-49,57,61H,15-16,19-25,27-31H2,1-11H3;11-13,16-17,25,30,32-34,36-40,42-44,46-47,53,56,60H,14-15,18-24,26-29H2,1-10H3;3H2,1-2H3;1-2H3/q+1;;+1;/b14-12?,17-13+,33-18?,37-26+;13-11?,16-12+,31-17?,35-25+;;/t32-,34-,35-,36-,38-,39+,40?,41?,43+,44+,45-,46?,48-,49+,53-;30-,32-,33-,34-,36-,37+,38?,39?,40?,42+,43+,44-,46-,47+,51-;;/m11../s1. The molecule has 6 fully saturated rings. The molecular formula is C109H176N2O27P2S+2. The van der Waals surface area contributed by atoms with Crippen LogP contribution in [0.5, 0.6) is 0 Å². The molecule has 6 aliphatic heterocycles. The van der Waals surface area contributed by atoms with Crippen molar-refractivity contribution in [3.8, 4) is 0 Å². The third-order valence-corrected chi connectivity index (χ3v) is 33.8. The summed E-state index contributed by atoms with van der Waals surface area (Å²) in [6.45, 7) is 34.9. The van der Waals surface area contributed by atoms with Crippen LogP contribution in [0, 0.1) is 71.0 Å². The minimum absolute atomic E-state index is 0.0179. The van der Waals surface area contributed by atoms with Crippen molar-refractivity contribution in [1.29, 1.82) is 0 Å². The van der Waals surface area contributed by atoms with Gasteiger partial charge >= 0.3 is 27.5 Å². The van der Waals surface area contributed by atoms with Crippen molar-refractivity contribution in [2.75, 3.05) is 80.7 Å². The lowest BCUT2D eigenvalue weighted by Gasteiger charge is -2.42. The molecule has 0 radical (unpaired) electrons. The molecule has 29 nitrogen and oxygen atoms in total. The SMILES string of the molecule is CC.CC[P+](C)=O.CO[C@H]1CC2CC[C@@H](C)[C@@](O)(O2)C(=O)C(=O)N2CCCCC2C(=O)O[C@H]([C@H](C)C[C@@H]2CCC(O)[C@H](OC)C2)CC(=O)[C@H](C)/C=C(\C)[C@@H](O)[C@@H](OC)C(=O)[C@H](C)C[C@H](C)/C=C/C=CC=C1C.CO[C@H]1CC2CC[C@@H](C)[C@@](O)(O2)C(=O)C(=O)N2CCCCC2C(=O)O[C@H]([C@H](C)C[C@@H]2CCC(SC[P+](C)=O)[C@H](OC)C2)CC(=O)[C@H](C)/C=C(\C)[C@@H](O)[C@@H](OC)C(=O)[C@H](C)C[C@H](C)/C=C/C=CC=C1C. The highest BCUT2D eigenvalue weighted by molar-refractivity contribution is 8.04. The number of methoxy groups -OCH3 is 6. The number of aliphatic hydroxyl groups is 5. The fourth-order valence-electron chi connectivity index (χ4n) is 20.6. The summed E-state index contributed by atoms with van der Waals surface area (Å²) < 4.78 is 81.1. The molecular weight excluding hydrogens is 1860 g/mol. The molecule has 0 aromatic heterocycles. The van der Waals surface area contributed by atoms with Gasteiger partial charge in [0.25, 0.3) is 23.4 Å². The number of carbonyl (C=O) groups excluding carboxylic acids is 10. The Labute approximate surface area is 847 Å². The normalized spacial score (nSPS) is 37.0. The summed E-state index contributed by atoms with van der Waals surface area (Å²) in [5.41, 5.74) is 3.10. The van der Waals surface area contributed by atoms with Crippen molar-refractivity contribution in [3.63, 3.8) is 0 Å². The van der Waals surface area contributed by atoms with Crippen molar-refractivity contribution in [2.24, 2.45) is 71.0 Å². The van der Waals surface area contributed by atoms with Crippen LogP contribution in [0.15, 0.2) is 95.2 Å². The topological polar surface area (TPSA) is 405 Å². The first kappa shape index (κ1) is 125. The number of ketones is 6. The summed E-state index contributed by atoms with van der Waals surface area (Å²) in [6, 6.07) is -2.28. The average Bonchev–Trinajstić information content (AvgIpc) is 0.792. The van der Waals surface area contributed by atoms with Gasteiger partial charge in [0.2, 0.25) is 11.6 Å². The Morgan fingerprint density at radius 1 is 0.468 bits per heavy atom. The van der Waals surface area contributed by atoms with Gasteiger partial charge in [-0.3, -0.25) is 38.4 Å². The van der Waals surface area contributed by atoms with Crippen LogP contribution in [0.3, 0.4) is 0 Å². The molecule has 2 aliphatic carbocycles. The number of carbonyl (C=O) groups is 10. The second-order valence-corrected chi connectivity index (χ2v) is 46.1. The van der Waals surface area contributed by atoms with Gasteiger partial charge < -0.3 is 82.7 Å². The Morgan fingerprint density at radius 3 is 1.21 bits per heavy atom. The van der Waals surface area contributed by atoms with Gasteiger partial charge in [-0.25, -0.2) is 9.59 Å². The molecule has 32 heteroatoms. The molecule has 0 aromatic rings. The molecule has 6 heterocycles. The summed E-state index contributed by atoms with van der Waals surface area (Å²) in [7, 11) is 7.03. The number of Topliss-reactive ketones (excluding diaryl/α,β-unsaturated/α-hetero) is 6. The zero-order valence-electron chi connectivity index (χ0n) is 89.3. The molecule has 8 unspecified atom stereocenters. The molecule has 141 heavy (non-hydrogen) atoms. The van der Waals surface area contributed by atoms with Crippen molar-refractivity contribution in [1.82, 2.24) is 9.80 Å². The molecule has 8 aliphatic rings. The van der Waals surface area contributed by atoms with E-state index in [4.69, 9.17) is 47.4 Å². The molecule has 2 amide bonds. The summed E-state index contributed by atoms with van der Waals surface area (Å²) >= 11 is 1.67. The number of cyclic esters (lactones) is 2. The molecule has 32 atom stereocenters. The van der Waals surface area contributed by atoms with Gasteiger partial charge in [-0.05, 0) is 221 Å². The van der Waals surface area contributed by atoms with Crippen LogP contribution in [-0.4, -0.2) is 283 Å². The van der Waals surface area contributed by atoms with Crippen molar-refractivity contribution >= 4 is 85.8 Å². The predicted octanol–water partition coefficient (Wildman–Crippen LogP) is 17.0. The number of thioether (sulfide) groups is 1. The van der Waals surface area contributed by atoms with Crippen molar-refractivity contribution in [2.45, 2.75) is 380 Å². The number of piperidine rings is 2. The predicted molar refractivity (Wildman–Crippen MR) is 549 cm³/mol. The highest BCUT2D eigenvalue weighted by Crippen LogP contribution is 2.44. The Hall–Kier alpha value is -6.15. The number of rotatable bonds is 16. The van der Waals surface area contributed by atoms with Gasteiger partial charge in [0.1, 0.15) is 79.8 Å². The number of amides is 2. The van der Waals surface area contributed by atoms with E-state index in [-0.39, 0.29) is 115 Å². The summed E-state index contributed by atoms with van der Waals surface area (Å²) in [5.74, 6) is -15.8. The van der Waals surface area contributed by atoms with Gasteiger partial charge in [-0.15, -0.1) is 11.8 Å². The maximum Gasteiger partial charge on any atom is 0.346 e. The molecule has 4 bridgehead atoms. The lowest BCUT2D eigenvalue weighted by Crippen LogP contribution is -2.61. The van der Waals surface area contributed by atoms with Crippen LogP contribution >= 0.6 is 27.4 Å². The first-order valence-electron chi connectivity index (χ1n) is 51.7. The maximum atomic E-state index is 14.5. The number of esters is 2. The van der Waals surface area contributed by atoms with Crippen LogP contribution in [0.2, 0.25) is 0 Å². The van der Waals surface area contributed by atoms with Crippen LogP contribution in [-0.2, 0) is 104 Å². The number of hydrogen-bond donors (Lipinski definition) is 5. The monoisotopic (exact) mass is 2040 g/mol. The van der Waals surface area contributed by atoms with Gasteiger partial charge in [0.05, 0.1) is 42.7 Å². The lowest BCUT2D eigenvalue weighted by atomic mass is 9.78. The lowest BCUT2D eigenvalue weighted by molar-refractivity contribution is -0.265. The van der Waals surface area contributed by atoms with E-state index in [1.54, 1.807) is 107 Å². The van der Waals surface area contributed by atoms with E-state index >= 15 is 0 Å². The molecule has 4 saturated heterocycles. The average molecular weight is 2040 g/mol. The molecule has 798 valence electrons. The van der Waals surface area contributed by atoms with E-state index in [2.05, 4.69) is 0 Å². The first-order chi connectivity index (χ1) is 66.7. The quantitative estimate of drug-likeness (QED) is 0.0415. The Bertz CT molecular complexity index is 4310. The molecule has 5 N–H and O–H groups in total. The fourth-order valence-corrected chi connectivity index (χ4v) is 23.0. The molecule has 2 saturated carbocycles. The number of nitrogens with zero attached hydrogens (tertiary/aromatic N) is 2. The van der Waals surface area contributed by atoms with Crippen molar-refractivity contribution < 1.29 is 130 Å². The Kier molecular flexibility index (Phi) is 55.3. The second-order valence-electron chi connectivity index (χ2n) is 41.0. The maximum absolute atomic E-state index is 14.5. The zero-order chi connectivity index (χ0) is 106. The summed E-state index contributed by atoms with van der Waals surface area (Å²) in [4.78, 5) is 144. The number of allylic oxidation sites excluding steroid dienone is 12. The minimum Gasteiger partial charge on any atom is -0.460 e. The van der Waals surface area contributed by atoms with Crippen LogP contribution in [0.4, 0.5) is 0 Å². The van der Waals surface area contributed by atoms with E-state index in [0.717, 1.165) is 43.0 Å². The largest absolute Gasteiger partial charge is 0.460 e. The van der Waals surface area contributed by atoms with Crippen molar-refractivity contribution in [3.05, 3.63) is 95.2 Å². The first-order valence-corrected chi connectivity index (χ1v) is 56.5. The van der Waals surface area contributed by atoms with Gasteiger partial charge in [-0.1, -0.05) is 165 Å². The highest BCUT2D eigenvalue weighted by Gasteiger charge is 2.56. The third-order valence-electron chi connectivity index (χ3n) is 29.8. The van der Waals surface area contributed by atoms with E-state index in [9.17, 15) is 82.6 Å². The van der Waals surface area contributed by atoms with E-state index < -0.39 is 177 Å². The summed E-state index contributed by atoms with van der Waals surface area (Å²) in [6.07, 6.45) is 24.8. The van der Waals surface area contributed by atoms with Crippen LogP contribution in [0.25, 0.3) is 0 Å².